The highest BCUT2D eigenvalue weighted by Crippen LogP contribution is 2.28. The number of nitrogens with zero attached hydrogens (tertiary/aromatic N) is 1. The lowest BCUT2D eigenvalue weighted by molar-refractivity contribution is -0.136. The van der Waals surface area contributed by atoms with Gasteiger partial charge in [0.1, 0.15) is 11.6 Å². The molecule has 1 atom stereocenters. The summed E-state index contributed by atoms with van der Waals surface area (Å²) in [7, 11) is 0. The minimum atomic E-state index is -1.00. The highest BCUT2D eigenvalue weighted by molar-refractivity contribution is 7.08. The van der Waals surface area contributed by atoms with E-state index in [1.807, 2.05) is 29.0 Å². The van der Waals surface area contributed by atoms with Crippen molar-refractivity contribution in [3.63, 3.8) is 0 Å². The molecule has 0 unspecified atom stereocenters. The van der Waals surface area contributed by atoms with Crippen molar-refractivity contribution in [2.45, 2.75) is 19.0 Å². The molecule has 160 valence electrons. The highest BCUT2D eigenvalue weighted by Gasteiger charge is 2.26. The number of carbonyl (C=O) groups excluding carboxylic acids is 2. The van der Waals surface area contributed by atoms with E-state index in [0.717, 1.165) is 37.2 Å². The maximum Gasteiger partial charge on any atom is 0.313 e. The SMILES string of the molecule is O=C(NC[C@H](c1ccsc1)N1CCc2ccccc2C1)C(=O)Nc1ccc(F)cc1F. The Morgan fingerprint density at radius 3 is 2.61 bits per heavy atom. The molecule has 0 saturated carbocycles. The largest absolute Gasteiger partial charge is 0.346 e. The van der Waals surface area contributed by atoms with Crippen LogP contribution in [0.4, 0.5) is 14.5 Å². The Morgan fingerprint density at radius 1 is 1.06 bits per heavy atom. The van der Waals surface area contributed by atoms with Crippen molar-refractivity contribution >= 4 is 28.8 Å². The molecule has 0 bridgehead atoms. The van der Waals surface area contributed by atoms with E-state index in [9.17, 15) is 18.4 Å². The van der Waals surface area contributed by atoms with Crippen LogP contribution in [0.25, 0.3) is 0 Å². The van der Waals surface area contributed by atoms with Crippen molar-refractivity contribution in [1.29, 1.82) is 0 Å². The van der Waals surface area contributed by atoms with E-state index >= 15 is 0 Å². The summed E-state index contributed by atoms with van der Waals surface area (Å²) in [6, 6.07) is 12.9. The molecule has 2 N–H and O–H groups in total. The van der Waals surface area contributed by atoms with Gasteiger partial charge in [0.05, 0.1) is 11.7 Å². The van der Waals surface area contributed by atoms with Crippen molar-refractivity contribution in [3.8, 4) is 0 Å². The van der Waals surface area contributed by atoms with Gasteiger partial charge in [-0.3, -0.25) is 14.5 Å². The molecule has 2 aromatic carbocycles. The summed E-state index contributed by atoms with van der Waals surface area (Å²) < 4.78 is 26.8. The fourth-order valence-corrected chi connectivity index (χ4v) is 4.45. The number of halogens is 2. The zero-order chi connectivity index (χ0) is 21.8. The van der Waals surface area contributed by atoms with E-state index in [-0.39, 0.29) is 18.3 Å². The van der Waals surface area contributed by atoms with Crippen molar-refractivity contribution in [3.05, 3.63) is 87.6 Å². The lowest BCUT2D eigenvalue weighted by Crippen LogP contribution is -2.43. The number of anilines is 1. The Bertz CT molecular complexity index is 1090. The normalized spacial score (nSPS) is 14.5. The third-order valence-corrected chi connectivity index (χ3v) is 6.07. The van der Waals surface area contributed by atoms with Gasteiger partial charge < -0.3 is 10.6 Å². The smallest absolute Gasteiger partial charge is 0.313 e. The van der Waals surface area contributed by atoms with Crippen LogP contribution in [0.3, 0.4) is 0 Å². The van der Waals surface area contributed by atoms with Crippen LogP contribution in [0.15, 0.2) is 59.3 Å². The average Bonchev–Trinajstić information content (AvgIpc) is 3.30. The average molecular weight is 442 g/mol. The topological polar surface area (TPSA) is 61.4 Å². The van der Waals surface area contributed by atoms with Gasteiger partial charge >= 0.3 is 11.8 Å². The first-order valence-electron chi connectivity index (χ1n) is 9.88. The van der Waals surface area contributed by atoms with Gasteiger partial charge in [-0.25, -0.2) is 8.78 Å². The van der Waals surface area contributed by atoms with Crippen LogP contribution in [0.5, 0.6) is 0 Å². The van der Waals surface area contributed by atoms with Gasteiger partial charge in [0.25, 0.3) is 0 Å². The van der Waals surface area contributed by atoms with Crippen LogP contribution < -0.4 is 10.6 Å². The fourth-order valence-electron chi connectivity index (χ4n) is 3.75. The van der Waals surface area contributed by atoms with Gasteiger partial charge in [-0.1, -0.05) is 24.3 Å². The minimum absolute atomic E-state index is 0.0982. The Kier molecular flexibility index (Phi) is 6.39. The maximum atomic E-state index is 13.7. The number of fused-ring (bicyclic) bond motifs is 1. The highest BCUT2D eigenvalue weighted by atomic mass is 32.1. The zero-order valence-corrected chi connectivity index (χ0v) is 17.4. The number of hydrogen-bond acceptors (Lipinski definition) is 4. The molecule has 0 fully saturated rings. The molecule has 1 aliphatic heterocycles. The number of carbonyl (C=O) groups is 2. The van der Waals surface area contributed by atoms with Crippen LogP contribution in [-0.4, -0.2) is 29.8 Å². The van der Waals surface area contributed by atoms with E-state index in [2.05, 4.69) is 27.7 Å². The summed E-state index contributed by atoms with van der Waals surface area (Å²) in [5.74, 6) is -3.58. The summed E-state index contributed by atoms with van der Waals surface area (Å²) in [5, 5.41) is 8.85. The molecule has 0 spiro atoms. The van der Waals surface area contributed by atoms with Crippen molar-refractivity contribution in [2.24, 2.45) is 0 Å². The molecule has 0 aliphatic carbocycles. The van der Waals surface area contributed by atoms with E-state index in [4.69, 9.17) is 0 Å². The molecule has 2 amide bonds. The van der Waals surface area contributed by atoms with E-state index < -0.39 is 23.4 Å². The molecule has 1 aliphatic rings. The number of amides is 2. The second-order valence-corrected chi connectivity index (χ2v) is 8.13. The predicted molar refractivity (Wildman–Crippen MR) is 116 cm³/mol. The Balaban J connectivity index is 1.42. The van der Waals surface area contributed by atoms with Crippen molar-refractivity contribution < 1.29 is 18.4 Å². The van der Waals surface area contributed by atoms with Gasteiger partial charge in [-0.2, -0.15) is 11.3 Å². The monoisotopic (exact) mass is 441 g/mol. The molecule has 8 heteroatoms. The lowest BCUT2D eigenvalue weighted by Gasteiger charge is -2.35. The first-order valence-corrected chi connectivity index (χ1v) is 10.8. The standard InChI is InChI=1S/C23H21F2N3O2S/c24-18-5-6-20(19(25)11-18)27-23(30)22(29)26-12-21(17-8-10-31-14-17)28-9-7-15-3-1-2-4-16(15)13-28/h1-6,8,10-11,14,21H,7,9,12-13H2,(H,26,29)(H,27,30)/t21-/m1/s1. The first kappa shape index (κ1) is 21.1. The quantitative estimate of drug-likeness (QED) is 0.591. The van der Waals surface area contributed by atoms with E-state index in [0.29, 0.717) is 6.07 Å². The van der Waals surface area contributed by atoms with Crippen molar-refractivity contribution in [1.82, 2.24) is 10.2 Å². The minimum Gasteiger partial charge on any atom is -0.346 e. The van der Waals surface area contributed by atoms with Crippen LogP contribution in [-0.2, 0) is 22.6 Å². The second kappa shape index (κ2) is 9.36. The summed E-state index contributed by atoms with van der Waals surface area (Å²) in [5.41, 5.74) is 3.40. The predicted octanol–water partition coefficient (Wildman–Crippen LogP) is 3.88. The van der Waals surface area contributed by atoms with Crippen LogP contribution in [0.2, 0.25) is 0 Å². The Hall–Kier alpha value is -3.10. The molecule has 4 rings (SSSR count). The third kappa shape index (κ3) is 4.98. The third-order valence-electron chi connectivity index (χ3n) is 5.37. The van der Waals surface area contributed by atoms with Crippen LogP contribution in [0.1, 0.15) is 22.7 Å². The van der Waals surface area contributed by atoms with Crippen molar-refractivity contribution in [2.75, 3.05) is 18.4 Å². The zero-order valence-electron chi connectivity index (χ0n) is 16.6. The van der Waals surface area contributed by atoms with Gasteiger partial charge in [-0.15, -0.1) is 0 Å². The summed E-state index contributed by atoms with van der Waals surface area (Å²) in [6.45, 7) is 1.82. The second-order valence-electron chi connectivity index (χ2n) is 7.35. The van der Waals surface area contributed by atoms with Gasteiger partial charge in [0.2, 0.25) is 0 Å². The van der Waals surface area contributed by atoms with Crippen LogP contribution in [0, 0.1) is 11.6 Å². The van der Waals surface area contributed by atoms with E-state index in [1.54, 1.807) is 11.3 Å². The number of hydrogen-bond donors (Lipinski definition) is 2. The molecule has 0 radical (unpaired) electrons. The number of benzene rings is 2. The maximum absolute atomic E-state index is 13.7. The summed E-state index contributed by atoms with van der Waals surface area (Å²) in [4.78, 5) is 26.8. The molecular weight excluding hydrogens is 420 g/mol. The number of rotatable bonds is 5. The molecule has 31 heavy (non-hydrogen) atoms. The summed E-state index contributed by atoms with van der Waals surface area (Å²) in [6.07, 6.45) is 0.912. The molecule has 2 heterocycles. The number of nitrogens with one attached hydrogen (secondary N) is 2. The first-order chi connectivity index (χ1) is 15.0. The molecule has 5 nitrogen and oxygen atoms in total. The van der Waals surface area contributed by atoms with Gasteiger partial charge in [0.15, 0.2) is 0 Å². The van der Waals surface area contributed by atoms with E-state index in [1.165, 1.54) is 11.1 Å². The molecule has 1 aromatic heterocycles. The fraction of sp³-hybridized carbons (Fsp3) is 0.217. The summed E-state index contributed by atoms with van der Waals surface area (Å²) >= 11 is 1.57. The van der Waals surface area contributed by atoms with Crippen LogP contribution >= 0.6 is 11.3 Å². The Morgan fingerprint density at radius 2 is 1.87 bits per heavy atom. The van der Waals surface area contributed by atoms with Gasteiger partial charge in [-0.05, 0) is 52.1 Å². The van der Waals surface area contributed by atoms with Gasteiger partial charge in [0, 0.05) is 25.7 Å². The Labute approximate surface area is 182 Å². The number of thiophene rings is 1. The molecule has 3 aromatic rings. The lowest BCUT2D eigenvalue weighted by atomic mass is 9.97. The molecule has 0 saturated heterocycles. The molecular formula is C23H21F2N3O2S.